The number of imidazole rings is 1. The Kier molecular flexibility index (Phi) is 5.67. The monoisotopic (exact) mass is 464 g/mol. The van der Waals surface area contributed by atoms with Crippen LogP contribution in [-0.2, 0) is 0 Å². The fourth-order valence-electron chi connectivity index (χ4n) is 4.29. The molecule has 1 fully saturated rings. The highest BCUT2D eigenvalue weighted by Crippen LogP contribution is 2.37. The Bertz CT molecular complexity index is 1300. The summed E-state index contributed by atoms with van der Waals surface area (Å²) in [5.74, 6) is 1.64. The van der Waals surface area contributed by atoms with Crippen molar-refractivity contribution in [2.75, 3.05) is 27.0 Å². The number of fused-ring (bicyclic) bond motifs is 1. The van der Waals surface area contributed by atoms with Crippen molar-refractivity contribution in [3.05, 3.63) is 54.1 Å². The molecule has 0 saturated carbocycles. The Hall–Kier alpha value is -3.53. The van der Waals surface area contributed by atoms with Crippen molar-refractivity contribution in [2.24, 2.45) is 0 Å². The summed E-state index contributed by atoms with van der Waals surface area (Å²) in [5.41, 5.74) is 2.84. The van der Waals surface area contributed by atoms with E-state index >= 15 is 0 Å². The summed E-state index contributed by atoms with van der Waals surface area (Å²) in [6, 6.07) is 9.43. The van der Waals surface area contributed by atoms with Gasteiger partial charge in [-0.25, -0.2) is 4.98 Å². The van der Waals surface area contributed by atoms with Crippen LogP contribution in [0.5, 0.6) is 11.5 Å². The van der Waals surface area contributed by atoms with E-state index < -0.39 is 0 Å². The molecule has 9 nitrogen and oxygen atoms in total. The Morgan fingerprint density at radius 2 is 1.88 bits per heavy atom. The number of aromatic nitrogens is 5. The number of amides is 1. The van der Waals surface area contributed by atoms with E-state index in [9.17, 15) is 4.79 Å². The minimum absolute atomic E-state index is 0.129. The summed E-state index contributed by atoms with van der Waals surface area (Å²) < 4.78 is 10.9. The Morgan fingerprint density at radius 3 is 2.61 bits per heavy atom. The topological polar surface area (TPSA) is 98.2 Å². The predicted octanol–water partition coefficient (Wildman–Crippen LogP) is 3.86. The van der Waals surface area contributed by atoms with Crippen molar-refractivity contribution >= 4 is 28.7 Å². The lowest BCUT2D eigenvalue weighted by molar-refractivity contribution is 0.0729. The number of ether oxygens (including phenoxy) is 2. The number of likely N-dealkylation sites (tertiary alicyclic amines) is 1. The summed E-state index contributed by atoms with van der Waals surface area (Å²) in [6.45, 7) is 0.636. The second-order valence-electron chi connectivity index (χ2n) is 7.70. The zero-order valence-corrected chi connectivity index (χ0v) is 19.4. The van der Waals surface area contributed by atoms with Gasteiger partial charge in [0.1, 0.15) is 11.5 Å². The van der Waals surface area contributed by atoms with Gasteiger partial charge in [0.15, 0.2) is 11.5 Å². The maximum absolute atomic E-state index is 13.8. The number of carbonyl (C=O) groups excluding carboxylic acids is 1. The van der Waals surface area contributed by atoms with Gasteiger partial charge in [0.2, 0.25) is 0 Å². The molecule has 0 spiro atoms. The number of hydrogen-bond acceptors (Lipinski definition) is 7. The van der Waals surface area contributed by atoms with Crippen molar-refractivity contribution in [3.63, 3.8) is 0 Å². The van der Waals surface area contributed by atoms with Crippen LogP contribution in [0, 0.1) is 0 Å². The lowest BCUT2D eigenvalue weighted by atomic mass is 10.1. The number of benzene rings is 2. The summed E-state index contributed by atoms with van der Waals surface area (Å²) in [5, 5.41) is 8.45. The van der Waals surface area contributed by atoms with Gasteiger partial charge in [-0.05, 0) is 43.4 Å². The minimum Gasteiger partial charge on any atom is -0.493 e. The molecular formula is C23H24N6O3S. The van der Waals surface area contributed by atoms with Crippen molar-refractivity contribution in [1.29, 1.82) is 0 Å². The highest BCUT2D eigenvalue weighted by Gasteiger charge is 2.34. The Labute approximate surface area is 195 Å². The maximum Gasteiger partial charge on any atom is 0.256 e. The largest absolute Gasteiger partial charge is 0.493 e. The molecule has 1 amide bonds. The van der Waals surface area contributed by atoms with E-state index in [0.29, 0.717) is 29.3 Å². The number of aromatic amines is 1. The van der Waals surface area contributed by atoms with Crippen LogP contribution in [-0.4, -0.2) is 62.8 Å². The zero-order valence-electron chi connectivity index (χ0n) is 18.6. The molecule has 5 rings (SSSR count). The van der Waals surface area contributed by atoms with Crippen LogP contribution in [0.2, 0.25) is 0 Å². The van der Waals surface area contributed by atoms with E-state index in [1.54, 1.807) is 50.5 Å². The summed E-state index contributed by atoms with van der Waals surface area (Å²) in [7, 11) is 3.11. The quantitative estimate of drug-likeness (QED) is 0.433. The summed E-state index contributed by atoms with van der Waals surface area (Å²) in [6.07, 6.45) is 6.92. The first-order valence-corrected chi connectivity index (χ1v) is 11.8. The third-order valence-corrected chi connectivity index (χ3v) is 6.63. The maximum atomic E-state index is 13.8. The average molecular weight is 465 g/mol. The number of thioether (sulfide) groups is 1. The minimum atomic E-state index is -0.144. The predicted molar refractivity (Wildman–Crippen MR) is 125 cm³/mol. The van der Waals surface area contributed by atoms with Crippen molar-refractivity contribution in [1.82, 2.24) is 29.9 Å². The van der Waals surface area contributed by atoms with Gasteiger partial charge in [-0.15, -0.1) is 11.8 Å². The molecule has 0 radical (unpaired) electrons. The first-order valence-electron chi connectivity index (χ1n) is 10.6. The van der Waals surface area contributed by atoms with Crippen LogP contribution >= 0.6 is 11.8 Å². The van der Waals surface area contributed by atoms with Crippen molar-refractivity contribution in [2.45, 2.75) is 23.8 Å². The number of H-pyrrole nitrogens is 1. The van der Waals surface area contributed by atoms with Crippen LogP contribution < -0.4 is 9.47 Å². The number of nitrogens with one attached hydrogen (secondary N) is 1. The Balaban J connectivity index is 1.55. The molecule has 3 heterocycles. The highest BCUT2D eigenvalue weighted by molar-refractivity contribution is 7.98. The van der Waals surface area contributed by atoms with Gasteiger partial charge < -0.3 is 19.4 Å². The molecule has 1 atom stereocenters. The molecule has 0 aliphatic carbocycles. The zero-order chi connectivity index (χ0) is 22.9. The number of methoxy groups -OCH3 is 2. The standard InChI is InChI=1S/C23H24N6O3S/c1-31-20-12-15(19(13-21(20)32-2)29-24-8-9-25-29)23(30)28-10-4-5-18(28)22-26-16-7-6-14(33-3)11-17(16)27-22/h6-9,11-13,18H,4-5,10H2,1-3H3,(H,26,27). The molecule has 10 heteroatoms. The number of rotatable bonds is 6. The van der Waals surface area contributed by atoms with Crippen LogP contribution in [0.15, 0.2) is 47.6 Å². The molecule has 0 bridgehead atoms. The highest BCUT2D eigenvalue weighted by atomic mass is 32.2. The lowest BCUT2D eigenvalue weighted by Gasteiger charge is -2.24. The smallest absolute Gasteiger partial charge is 0.256 e. The molecule has 1 unspecified atom stereocenters. The van der Waals surface area contributed by atoms with Gasteiger partial charge >= 0.3 is 0 Å². The molecule has 4 aromatic rings. The van der Waals surface area contributed by atoms with Crippen molar-refractivity contribution < 1.29 is 14.3 Å². The second kappa shape index (κ2) is 8.78. The van der Waals surface area contributed by atoms with E-state index in [1.165, 1.54) is 9.69 Å². The molecule has 1 aliphatic heterocycles. The molecule has 2 aromatic carbocycles. The third-order valence-electron chi connectivity index (χ3n) is 5.90. The van der Waals surface area contributed by atoms with Crippen molar-refractivity contribution in [3.8, 4) is 17.2 Å². The summed E-state index contributed by atoms with van der Waals surface area (Å²) >= 11 is 1.69. The van der Waals surface area contributed by atoms with E-state index in [4.69, 9.17) is 14.5 Å². The van der Waals surface area contributed by atoms with Gasteiger partial charge in [0.05, 0.1) is 49.3 Å². The van der Waals surface area contributed by atoms with Gasteiger partial charge in [0.25, 0.3) is 5.91 Å². The van der Waals surface area contributed by atoms with E-state index in [0.717, 1.165) is 29.7 Å². The average Bonchev–Trinajstić information content (AvgIpc) is 3.62. The number of carbonyl (C=O) groups is 1. The van der Waals surface area contributed by atoms with Crippen LogP contribution in [0.25, 0.3) is 16.7 Å². The SMILES string of the molecule is COc1cc(C(=O)N2CCCC2c2nc3ccc(SC)cc3[nH]2)c(-n2nccn2)cc1OC. The third kappa shape index (κ3) is 3.80. The van der Waals surface area contributed by atoms with Gasteiger partial charge in [-0.2, -0.15) is 15.0 Å². The molecule has 1 N–H and O–H groups in total. The molecule has 170 valence electrons. The second-order valence-corrected chi connectivity index (χ2v) is 8.58. The first-order chi connectivity index (χ1) is 16.1. The normalized spacial score (nSPS) is 15.8. The van der Waals surface area contributed by atoms with Crippen LogP contribution in [0.3, 0.4) is 0 Å². The Morgan fingerprint density at radius 1 is 1.12 bits per heavy atom. The number of nitrogens with zero attached hydrogens (tertiary/aromatic N) is 5. The molecule has 1 saturated heterocycles. The molecule has 2 aromatic heterocycles. The van der Waals surface area contributed by atoms with Gasteiger partial charge in [-0.3, -0.25) is 4.79 Å². The van der Waals surface area contributed by atoms with E-state index in [2.05, 4.69) is 27.3 Å². The van der Waals surface area contributed by atoms with Crippen LogP contribution in [0.1, 0.15) is 35.1 Å². The fraction of sp³-hybridized carbons (Fsp3) is 0.304. The van der Waals surface area contributed by atoms with Gasteiger partial charge in [-0.1, -0.05) is 0 Å². The molecule has 1 aliphatic rings. The van der Waals surface area contributed by atoms with E-state index in [1.807, 2.05) is 17.2 Å². The van der Waals surface area contributed by atoms with Gasteiger partial charge in [0, 0.05) is 17.5 Å². The summed E-state index contributed by atoms with van der Waals surface area (Å²) in [4.78, 5) is 26.5. The molecule has 33 heavy (non-hydrogen) atoms. The number of hydrogen-bond donors (Lipinski definition) is 1. The van der Waals surface area contributed by atoms with Crippen LogP contribution in [0.4, 0.5) is 0 Å². The first kappa shape index (κ1) is 21.3. The fourth-order valence-corrected chi connectivity index (χ4v) is 4.73. The lowest BCUT2D eigenvalue weighted by Crippen LogP contribution is -2.32. The van der Waals surface area contributed by atoms with E-state index in [-0.39, 0.29) is 11.9 Å². The molecular weight excluding hydrogens is 440 g/mol.